The Morgan fingerprint density at radius 2 is 1.86 bits per heavy atom. The minimum atomic E-state index is -0.0322. The topological polar surface area (TPSA) is 67.4 Å². The Kier molecular flexibility index (Phi) is 4.65. The molecule has 0 saturated carbocycles. The predicted molar refractivity (Wildman–Crippen MR) is 81.5 cm³/mol. The van der Waals surface area contributed by atoms with Crippen LogP contribution in [0.2, 0.25) is 0 Å². The Balaban J connectivity index is 1.46. The molecule has 0 unspecified atom stereocenters. The van der Waals surface area contributed by atoms with Crippen LogP contribution in [0.15, 0.2) is 33.8 Å². The van der Waals surface area contributed by atoms with Gasteiger partial charge in [0.25, 0.3) is 5.56 Å². The van der Waals surface area contributed by atoms with Crippen molar-refractivity contribution in [3.8, 4) is 0 Å². The summed E-state index contributed by atoms with van der Waals surface area (Å²) < 4.78 is 6.41. The number of aryl methyl sites for hydroxylation is 1. The summed E-state index contributed by atoms with van der Waals surface area (Å²) in [5.41, 5.74) is 1.82. The van der Waals surface area contributed by atoms with Crippen LogP contribution in [0.25, 0.3) is 0 Å². The van der Waals surface area contributed by atoms with Crippen molar-refractivity contribution in [2.24, 2.45) is 0 Å². The number of rotatable bonds is 5. The van der Waals surface area contributed by atoms with Gasteiger partial charge in [-0.05, 0) is 13.0 Å². The molecule has 1 aliphatic heterocycles. The average Bonchev–Trinajstić information content (AvgIpc) is 3.03. The number of aromatic nitrogens is 3. The summed E-state index contributed by atoms with van der Waals surface area (Å²) in [7, 11) is 0. The van der Waals surface area contributed by atoms with Crippen molar-refractivity contribution in [3.05, 3.63) is 46.2 Å². The minimum Gasteiger partial charge on any atom is -0.364 e. The molecule has 1 fully saturated rings. The van der Waals surface area contributed by atoms with Crippen molar-refractivity contribution >= 4 is 0 Å². The van der Waals surface area contributed by atoms with Gasteiger partial charge in [0, 0.05) is 51.4 Å². The summed E-state index contributed by atoms with van der Waals surface area (Å²) in [6.07, 6.45) is 1.61. The molecule has 3 rings (SSSR count). The second-order valence-corrected chi connectivity index (χ2v) is 5.64. The lowest BCUT2D eigenvalue weighted by Gasteiger charge is -2.34. The maximum absolute atomic E-state index is 11.7. The first-order valence-corrected chi connectivity index (χ1v) is 7.59. The van der Waals surface area contributed by atoms with Crippen LogP contribution in [0.3, 0.4) is 0 Å². The second-order valence-electron chi connectivity index (χ2n) is 5.64. The first-order valence-electron chi connectivity index (χ1n) is 7.59. The molecule has 2 aromatic heterocycles. The third-order valence-corrected chi connectivity index (χ3v) is 3.97. The van der Waals surface area contributed by atoms with Crippen LogP contribution in [0, 0.1) is 6.92 Å². The lowest BCUT2D eigenvalue weighted by molar-refractivity contribution is 0.120. The monoisotopic (exact) mass is 303 g/mol. The molecule has 0 spiro atoms. The standard InChI is InChI=1S/C15H21N5O2/c1-13-2-3-15(21)20(16-13)10-9-18-5-7-19(8-6-18)12-14-4-11-22-17-14/h2-4,11H,5-10,12H2,1H3. The lowest BCUT2D eigenvalue weighted by Crippen LogP contribution is -2.47. The van der Waals surface area contributed by atoms with Gasteiger partial charge in [-0.2, -0.15) is 5.10 Å². The fourth-order valence-electron chi connectivity index (χ4n) is 2.67. The van der Waals surface area contributed by atoms with E-state index in [9.17, 15) is 4.79 Å². The van der Waals surface area contributed by atoms with Gasteiger partial charge in [0.15, 0.2) is 0 Å². The van der Waals surface area contributed by atoms with E-state index >= 15 is 0 Å². The van der Waals surface area contributed by atoms with Gasteiger partial charge in [-0.25, -0.2) is 4.68 Å². The van der Waals surface area contributed by atoms with Crippen molar-refractivity contribution < 1.29 is 4.52 Å². The number of hydrogen-bond acceptors (Lipinski definition) is 6. The lowest BCUT2D eigenvalue weighted by atomic mass is 10.3. The summed E-state index contributed by atoms with van der Waals surface area (Å²) in [6.45, 7) is 8.24. The Bertz CT molecular complexity index is 644. The van der Waals surface area contributed by atoms with Gasteiger partial charge in [-0.15, -0.1) is 0 Å². The summed E-state index contributed by atoms with van der Waals surface area (Å²) in [6, 6.07) is 5.24. The molecule has 0 amide bonds. The van der Waals surface area contributed by atoms with Gasteiger partial charge >= 0.3 is 0 Å². The molecule has 7 heteroatoms. The SMILES string of the molecule is Cc1ccc(=O)n(CCN2CCN(Cc3ccon3)CC2)n1. The molecule has 7 nitrogen and oxygen atoms in total. The van der Waals surface area contributed by atoms with Crippen LogP contribution in [0.4, 0.5) is 0 Å². The first-order chi connectivity index (χ1) is 10.7. The predicted octanol–water partition coefficient (Wildman–Crippen LogP) is 0.358. The van der Waals surface area contributed by atoms with Gasteiger partial charge in [0.05, 0.1) is 17.9 Å². The molecular formula is C15H21N5O2. The zero-order chi connectivity index (χ0) is 15.4. The molecular weight excluding hydrogens is 282 g/mol. The summed E-state index contributed by atoms with van der Waals surface area (Å²) in [5.74, 6) is 0. The highest BCUT2D eigenvalue weighted by molar-refractivity contribution is 4.97. The summed E-state index contributed by atoms with van der Waals surface area (Å²) in [4.78, 5) is 16.5. The van der Waals surface area contributed by atoms with E-state index in [0.29, 0.717) is 6.54 Å². The Labute approximate surface area is 129 Å². The molecule has 1 aliphatic rings. The van der Waals surface area contributed by atoms with E-state index in [1.165, 1.54) is 0 Å². The number of hydrogen-bond donors (Lipinski definition) is 0. The molecule has 1 saturated heterocycles. The van der Waals surface area contributed by atoms with Gasteiger partial charge in [-0.1, -0.05) is 5.16 Å². The summed E-state index contributed by atoms with van der Waals surface area (Å²) in [5, 5.41) is 8.22. The number of piperazine rings is 1. The van der Waals surface area contributed by atoms with Crippen LogP contribution in [0.5, 0.6) is 0 Å². The zero-order valence-corrected chi connectivity index (χ0v) is 12.8. The molecule has 22 heavy (non-hydrogen) atoms. The molecule has 0 bridgehead atoms. The quantitative estimate of drug-likeness (QED) is 0.794. The molecule has 0 aliphatic carbocycles. The highest BCUT2D eigenvalue weighted by Gasteiger charge is 2.17. The molecule has 0 N–H and O–H groups in total. The van der Waals surface area contributed by atoms with Crippen molar-refractivity contribution in [1.29, 1.82) is 0 Å². The highest BCUT2D eigenvalue weighted by atomic mass is 16.5. The normalized spacial score (nSPS) is 17.0. The second kappa shape index (κ2) is 6.85. The van der Waals surface area contributed by atoms with E-state index in [1.807, 2.05) is 13.0 Å². The summed E-state index contributed by atoms with van der Waals surface area (Å²) >= 11 is 0. The Morgan fingerprint density at radius 3 is 2.59 bits per heavy atom. The van der Waals surface area contributed by atoms with Crippen LogP contribution in [-0.2, 0) is 13.1 Å². The minimum absolute atomic E-state index is 0.0322. The fraction of sp³-hybridized carbons (Fsp3) is 0.533. The maximum Gasteiger partial charge on any atom is 0.266 e. The van der Waals surface area contributed by atoms with Crippen molar-refractivity contribution in [1.82, 2.24) is 24.7 Å². The molecule has 2 aromatic rings. The third kappa shape index (κ3) is 3.80. The van der Waals surface area contributed by atoms with E-state index in [2.05, 4.69) is 20.1 Å². The Hall–Kier alpha value is -1.99. The van der Waals surface area contributed by atoms with Crippen molar-refractivity contribution in [2.45, 2.75) is 20.0 Å². The van der Waals surface area contributed by atoms with E-state index in [1.54, 1.807) is 23.1 Å². The van der Waals surface area contributed by atoms with E-state index < -0.39 is 0 Å². The smallest absolute Gasteiger partial charge is 0.266 e. The fourth-order valence-corrected chi connectivity index (χ4v) is 2.67. The van der Waals surface area contributed by atoms with Crippen LogP contribution >= 0.6 is 0 Å². The largest absolute Gasteiger partial charge is 0.364 e. The van der Waals surface area contributed by atoms with E-state index in [4.69, 9.17) is 4.52 Å². The highest BCUT2D eigenvalue weighted by Crippen LogP contribution is 2.06. The van der Waals surface area contributed by atoms with Gasteiger partial charge in [0.2, 0.25) is 0 Å². The van der Waals surface area contributed by atoms with Crippen LogP contribution < -0.4 is 5.56 Å². The molecule has 0 radical (unpaired) electrons. The van der Waals surface area contributed by atoms with Gasteiger partial charge in [-0.3, -0.25) is 14.6 Å². The van der Waals surface area contributed by atoms with Gasteiger partial charge in [0.1, 0.15) is 6.26 Å². The average molecular weight is 303 g/mol. The third-order valence-electron chi connectivity index (χ3n) is 3.97. The molecule has 0 atom stereocenters. The van der Waals surface area contributed by atoms with Crippen molar-refractivity contribution in [2.75, 3.05) is 32.7 Å². The van der Waals surface area contributed by atoms with E-state index in [-0.39, 0.29) is 5.56 Å². The molecule has 118 valence electrons. The maximum atomic E-state index is 11.7. The van der Waals surface area contributed by atoms with Crippen molar-refractivity contribution in [3.63, 3.8) is 0 Å². The van der Waals surface area contributed by atoms with Gasteiger partial charge < -0.3 is 4.52 Å². The van der Waals surface area contributed by atoms with E-state index in [0.717, 1.165) is 50.7 Å². The molecule has 0 aromatic carbocycles. The van der Waals surface area contributed by atoms with Crippen LogP contribution in [0.1, 0.15) is 11.4 Å². The number of nitrogens with zero attached hydrogens (tertiary/aromatic N) is 5. The zero-order valence-electron chi connectivity index (χ0n) is 12.8. The first kappa shape index (κ1) is 14.9. The molecule has 3 heterocycles. The Morgan fingerprint density at radius 1 is 1.09 bits per heavy atom. The van der Waals surface area contributed by atoms with Crippen LogP contribution in [-0.4, -0.2) is 57.5 Å².